The quantitative estimate of drug-likeness (QED) is 0.676. The summed E-state index contributed by atoms with van der Waals surface area (Å²) in [5, 5.41) is 10.2. The molecule has 0 aromatic heterocycles. The summed E-state index contributed by atoms with van der Waals surface area (Å²) in [5.74, 6) is 0.857. The number of hydrogen-bond donors (Lipinski definition) is 1. The van der Waals surface area contributed by atoms with Crippen LogP contribution in [-0.2, 0) is 13.2 Å². The van der Waals surface area contributed by atoms with Crippen molar-refractivity contribution in [2.24, 2.45) is 0 Å². The Balaban J connectivity index is 1.78. The number of hydrogen-bond acceptors (Lipinski definition) is 2. The van der Waals surface area contributed by atoms with Gasteiger partial charge < -0.3 is 9.84 Å². The molecule has 2 nitrogen and oxygen atoms in total. The Morgan fingerprint density at radius 2 is 1.71 bits per heavy atom. The van der Waals surface area contributed by atoms with E-state index in [0.717, 1.165) is 38.6 Å². The monoisotopic (exact) mass is 338 g/mol. The number of aliphatic hydroxyl groups is 1. The van der Waals surface area contributed by atoms with Crippen molar-refractivity contribution in [3.05, 3.63) is 88.4 Å². The predicted octanol–water partition coefficient (Wildman–Crippen LogP) is 5.39. The second-order valence-electron chi connectivity index (χ2n) is 5.71. The summed E-state index contributed by atoms with van der Waals surface area (Å²) in [5.41, 5.74) is 5.19. The lowest BCUT2D eigenvalue weighted by molar-refractivity contribution is 0.282. The Morgan fingerprint density at radius 3 is 2.42 bits per heavy atom. The minimum Gasteiger partial charge on any atom is -0.489 e. The molecule has 0 aliphatic rings. The van der Waals surface area contributed by atoms with Crippen molar-refractivity contribution in [2.45, 2.75) is 20.1 Å². The van der Waals surface area contributed by atoms with Gasteiger partial charge in [-0.15, -0.1) is 0 Å². The molecule has 3 rings (SSSR count). The highest BCUT2D eigenvalue weighted by Crippen LogP contribution is 2.29. The molecule has 0 bridgehead atoms. The minimum absolute atomic E-state index is 0.0318. The van der Waals surface area contributed by atoms with E-state index >= 15 is 0 Å². The van der Waals surface area contributed by atoms with Crippen LogP contribution in [0.5, 0.6) is 5.75 Å². The molecule has 0 spiro atoms. The second kappa shape index (κ2) is 7.52. The summed E-state index contributed by atoms with van der Waals surface area (Å²) in [6, 6.07) is 21.6. The maximum absolute atomic E-state index is 9.50. The molecule has 3 aromatic rings. The summed E-state index contributed by atoms with van der Waals surface area (Å²) in [6.07, 6.45) is 0. The molecule has 0 unspecified atom stereocenters. The van der Waals surface area contributed by atoms with E-state index in [9.17, 15) is 5.11 Å². The molecule has 0 atom stereocenters. The van der Waals surface area contributed by atoms with Crippen molar-refractivity contribution in [1.29, 1.82) is 0 Å². The smallest absolute Gasteiger partial charge is 0.122 e. The summed E-state index contributed by atoms with van der Waals surface area (Å²) >= 11 is 5.90. The Morgan fingerprint density at radius 1 is 0.958 bits per heavy atom. The molecule has 3 heteroatoms. The first-order valence-corrected chi connectivity index (χ1v) is 8.22. The molecular weight excluding hydrogens is 320 g/mol. The van der Waals surface area contributed by atoms with Gasteiger partial charge in [0.2, 0.25) is 0 Å². The van der Waals surface area contributed by atoms with Crippen molar-refractivity contribution < 1.29 is 9.84 Å². The van der Waals surface area contributed by atoms with Crippen LogP contribution in [0.3, 0.4) is 0 Å². The molecule has 0 amide bonds. The van der Waals surface area contributed by atoms with E-state index in [4.69, 9.17) is 16.3 Å². The maximum Gasteiger partial charge on any atom is 0.122 e. The van der Waals surface area contributed by atoms with Gasteiger partial charge in [-0.1, -0.05) is 54.1 Å². The Hall–Kier alpha value is -2.29. The molecule has 24 heavy (non-hydrogen) atoms. The lowest BCUT2D eigenvalue weighted by Crippen LogP contribution is -1.97. The van der Waals surface area contributed by atoms with Gasteiger partial charge in [0.25, 0.3) is 0 Å². The Labute approximate surface area is 147 Å². The van der Waals surface area contributed by atoms with Crippen LogP contribution >= 0.6 is 11.6 Å². The van der Waals surface area contributed by atoms with E-state index in [-0.39, 0.29) is 6.61 Å². The average molecular weight is 339 g/mol. The third kappa shape index (κ3) is 3.78. The Bertz CT molecular complexity index is 825. The lowest BCUT2D eigenvalue weighted by Gasteiger charge is -2.13. The highest BCUT2D eigenvalue weighted by molar-refractivity contribution is 6.30. The topological polar surface area (TPSA) is 29.5 Å². The van der Waals surface area contributed by atoms with Gasteiger partial charge in [0.1, 0.15) is 12.4 Å². The zero-order valence-corrected chi connectivity index (χ0v) is 14.3. The van der Waals surface area contributed by atoms with E-state index in [1.165, 1.54) is 0 Å². The van der Waals surface area contributed by atoms with Gasteiger partial charge in [0.05, 0.1) is 6.61 Å². The fourth-order valence-electron chi connectivity index (χ4n) is 2.66. The van der Waals surface area contributed by atoms with E-state index in [0.29, 0.717) is 6.61 Å². The lowest BCUT2D eigenvalue weighted by atomic mass is 9.98. The molecule has 0 aliphatic heterocycles. The van der Waals surface area contributed by atoms with E-state index in [1.807, 2.05) is 67.6 Å². The molecule has 0 heterocycles. The first kappa shape index (κ1) is 16.6. The second-order valence-corrected chi connectivity index (χ2v) is 6.15. The third-order valence-corrected chi connectivity index (χ3v) is 4.23. The number of benzene rings is 3. The molecule has 3 aromatic carbocycles. The van der Waals surface area contributed by atoms with Gasteiger partial charge in [0.15, 0.2) is 0 Å². The molecule has 0 saturated heterocycles. The van der Waals surface area contributed by atoms with Gasteiger partial charge in [0, 0.05) is 5.02 Å². The van der Waals surface area contributed by atoms with E-state index in [2.05, 4.69) is 6.07 Å². The zero-order valence-electron chi connectivity index (χ0n) is 13.5. The van der Waals surface area contributed by atoms with Crippen molar-refractivity contribution >= 4 is 11.6 Å². The number of aryl methyl sites for hydroxylation is 1. The molecule has 0 aliphatic carbocycles. The van der Waals surface area contributed by atoms with Gasteiger partial charge in [-0.05, 0) is 59.0 Å². The fraction of sp³-hybridized carbons (Fsp3) is 0.143. The zero-order chi connectivity index (χ0) is 16.9. The number of halogens is 1. The first-order valence-electron chi connectivity index (χ1n) is 7.84. The molecule has 0 saturated carbocycles. The maximum atomic E-state index is 9.50. The van der Waals surface area contributed by atoms with Gasteiger partial charge in [-0.2, -0.15) is 0 Å². The first-order chi connectivity index (χ1) is 11.7. The molecule has 122 valence electrons. The largest absolute Gasteiger partial charge is 0.489 e. The van der Waals surface area contributed by atoms with Crippen molar-refractivity contribution in [1.82, 2.24) is 0 Å². The van der Waals surface area contributed by atoms with Gasteiger partial charge in [-0.3, -0.25) is 0 Å². The number of aliphatic hydroxyl groups excluding tert-OH is 1. The third-order valence-electron chi connectivity index (χ3n) is 3.98. The van der Waals surface area contributed by atoms with Crippen LogP contribution in [0.4, 0.5) is 0 Å². The highest BCUT2D eigenvalue weighted by atomic mass is 35.5. The van der Waals surface area contributed by atoms with E-state index in [1.54, 1.807) is 0 Å². The van der Waals surface area contributed by atoms with Crippen LogP contribution in [0, 0.1) is 6.92 Å². The summed E-state index contributed by atoms with van der Waals surface area (Å²) in [6.45, 7) is 2.57. The normalized spacial score (nSPS) is 10.6. The summed E-state index contributed by atoms with van der Waals surface area (Å²) in [7, 11) is 0. The number of rotatable bonds is 5. The van der Waals surface area contributed by atoms with Crippen LogP contribution in [0.2, 0.25) is 5.02 Å². The predicted molar refractivity (Wildman–Crippen MR) is 98.3 cm³/mol. The van der Waals surface area contributed by atoms with E-state index < -0.39 is 0 Å². The minimum atomic E-state index is 0.0318. The van der Waals surface area contributed by atoms with Crippen molar-refractivity contribution in [3.8, 4) is 16.9 Å². The standard InChI is InChI=1S/C21H19ClO2/c1-15-12-17(20-5-3-2-4-18(20)13-23)8-11-21(15)24-14-16-6-9-19(22)10-7-16/h2-12,23H,13-14H2,1H3. The highest BCUT2D eigenvalue weighted by Gasteiger charge is 2.07. The van der Waals surface area contributed by atoms with Crippen molar-refractivity contribution in [3.63, 3.8) is 0 Å². The average Bonchev–Trinajstić information content (AvgIpc) is 2.62. The number of ether oxygens (including phenoxy) is 1. The van der Waals surface area contributed by atoms with Crippen LogP contribution in [0.1, 0.15) is 16.7 Å². The van der Waals surface area contributed by atoms with Crippen LogP contribution in [0.25, 0.3) is 11.1 Å². The van der Waals surface area contributed by atoms with Gasteiger partial charge >= 0.3 is 0 Å². The van der Waals surface area contributed by atoms with Gasteiger partial charge in [-0.25, -0.2) is 0 Å². The van der Waals surface area contributed by atoms with Crippen LogP contribution in [0.15, 0.2) is 66.7 Å². The summed E-state index contributed by atoms with van der Waals surface area (Å²) < 4.78 is 5.92. The van der Waals surface area contributed by atoms with Crippen LogP contribution in [-0.4, -0.2) is 5.11 Å². The molecule has 0 radical (unpaired) electrons. The fourth-order valence-corrected chi connectivity index (χ4v) is 2.79. The van der Waals surface area contributed by atoms with Crippen molar-refractivity contribution in [2.75, 3.05) is 0 Å². The SMILES string of the molecule is Cc1cc(-c2ccccc2CO)ccc1OCc1ccc(Cl)cc1. The van der Waals surface area contributed by atoms with Crippen LogP contribution < -0.4 is 4.74 Å². The molecule has 1 N–H and O–H groups in total. The Kier molecular flexibility index (Phi) is 5.19. The molecular formula is C21H19ClO2. The summed E-state index contributed by atoms with van der Waals surface area (Å²) in [4.78, 5) is 0. The molecule has 0 fully saturated rings.